The average Bonchev–Trinajstić information content (AvgIpc) is 3.23. The number of rotatable bonds is 4. The molecule has 0 aliphatic rings. The molecule has 0 amide bonds. The van der Waals surface area contributed by atoms with Crippen molar-refractivity contribution in [2.24, 2.45) is 21.7 Å². The number of thiocarbonyl (C=S) groups is 2. The molecule has 0 spiro atoms. The number of hydrazone groups is 2. The van der Waals surface area contributed by atoms with E-state index in [1.54, 1.807) is 0 Å². The Balaban J connectivity index is 0.000000443. The van der Waals surface area contributed by atoms with E-state index >= 15 is 0 Å². The number of hydrogen-bond donors (Lipinski definition) is 4. The van der Waals surface area contributed by atoms with Crippen LogP contribution in [0.5, 0.6) is 0 Å². The SMILES string of the molecule is CC(=NNC(N)=S)[c-]1[cH-][cH-][cH-][cH-]1.CC(=NNC(N)=S)[c-]1cccc1.[Fe]. The van der Waals surface area contributed by atoms with E-state index in [0.717, 1.165) is 22.6 Å². The third kappa shape index (κ3) is 9.73. The molecule has 0 aliphatic carbocycles. The van der Waals surface area contributed by atoms with Crippen LogP contribution < -0.4 is 22.3 Å². The summed E-state index contributed by atoms with van der Waals surface area (Å²) in [6.07, 6.45) is 0. The zero-order chi connectivity index (χ0) is 17.9. The topological polar surface area (TPSA) is 101 Å². The molecule has 25 heavy (non-hydrogen) atoms. The standard InChI is InChI=1S/2C8H10N3S.Fe/c2*1-6(10-11-8(9)12)7-4-2-3-5-7;/h2*2-5H,1H3,(H3,9,11,12);/q-5;-1;. The minimum atomic E-state index is 0. The fraction of sp³-hybridized carbons (Fsp3) is 0.125. The first-order chi connectivity index (χ1) is 11.4. The van der Waals surface area contributed by atoms with Crippen molar-refractivity contribution in [2.45, 2.75) is 13.8 Å². The second kappa shape index (κ2) is 12.3. The quantitative estimate of drug-likeness (QED) is 0.200. The van der Waals surface area contributed by atoms with Crippen molar-refractivity contribution >= 4 is 46.1 Å². The molecule has 0 saturated carbocycles. The Hall–Kier alpha value is -2.06. The third-order valence-electron chi connectivity index (χ3n) is 2.83. The molecule has 0 unspecified atom stereocenters. The van der Waals surface area contributed by atoms with Crippen molar-refractivity contribution in [1.82, 2.24) is 10.9 Å². The number of nitrogens with one attached hydrogen (secondary N) is 2. The molecule has 6 N–H and O–H groups in total. The summed E-state index contributed by atoms with van der Waals surface area (Å²) in [5, 5.41) is 8.30. The van der Waals surface area contributed by atoms with Gasteiger partial charge in [0.25, 0.3) is 0 Å². The van der Waals surface area contributed by atoms with Gasteiger partial charge in [-0.2, -0.15) is 24.2 Å². The first-order valence-corrected chi connectivity index (χ1v) is 7.85. The molecule has 0 aromatic heterocycles. The van der Waals surface area contributed by atoms with E-state index in [-0.39, 0.29) is 27.3 Å². The predicted octanol–water partition coefficient (Wildman–Crippen LogP) is 1.92. The molecule has 0 fully saturated rings. The zero-order valence-electron chi connectivity index (χ0n) is 13.8. The molecule has 2 aromatic rings. The van der Waals surface area contributed by atoms with Crippen LogP contribution >= 0.6 is 24.4 Å². The van der Waals surface area contributed by atoms with E-state index in [1.165, 1.54) is 0 Å². The molecule has 0 heterocycles. The van der Waals surface area contributed by atoms with Gasteiger partial charge in [0, 0.05) is 22.8 Å². The van der Waals surface area contributed by atoms with Gasteiger partial charge in [-0.3, -0.25) is 10.9 Å². The second-order valence-corrected chi connectivity index (χ2v) is 5.57. The predicted molar refractivity (Wildman–Crippen MR) is 108 cm³/mol. The van der Waals surface area contributed by atoms with E-state index in [1.807, 2.05) is 62.4 Å². The van der Waals surface area contributed by atoms with Gasteiger partial charge >= 0.3 is 0 Å². The number of nitrogens with two attached hydrogens (primary N) is 2. The summed E-state index contributed by atoms with van der Waals surface area (Å²) in [6.45, 7) is 3.78. The molecule has 9 heteroatoms. The summed E-state index contributed by atoms with van der Waals surface area (Å²) in [6, 6.07) is 15.7. The van der Waals surface area contributed by atoms with Crippen molar-refractivity contribution in [3.8, 4) is 0 Å². The summed E-state index contributed by atoms with van der Waals surface area (Å²) in [5.41, 5.74) is 19.3. The van der Waals surface area contributed by atoms with Gasteiger partial charge in [0.05, 0.1) is 0 Å². The normalized spacial score (nSPS) is 10.8. The van der Waals surface area contributed by atoms with Crippen LogP contribution in [0.4, 0.5) is 0 Å². The first kappa shape index (κ1) is 22.9. The fourth-order valence-electron chi connectivity index (χ4n) is 1.64. The van der Waals surface area contributed by atoms with Crippen molar-refractivity contribution < 1.29 is 17.1 Å². The molecule has 6 nitrogen and oxygen atoms in total. The van der Waals surface area contributed by atoms with Crippen molar-refractivity contribution in [1.29, 1.82) is 0 Å². The molecular weight excluding hydrogens is 396 g/mol. The minimum Gasteiger partial charge on any atom is -0.736 e. The summed E-state index contributed by atoms with van der Waals surface area (Å²) >= 11 is 9.21. The molecule has 0 atom stereocenters. The summed E-state index contributed by atoms with van der Waals surface area (Å²) in [7, 11) is 0. The summed E-state index contributed by atoms with van der Waals surface area (Å²) in [5.74, 6) is 0. The van der Waals surface area contributed by atoms with Gasteiger partial charge in [-0.15, -0.1) is 5.56 Å². The Morgan fingerprint density at radius 3 is 1.80 bits per heavy atom. The van der Waals surface area contributed by atoms with Crippen LogP contribution in [0, 0.1) is 0 Å². The Labute approximate surface area is 168 Å². The van der Waals surface area contributed by atoms with Crippen molar-refractivity contribution in [3.63, 3.8) is 0 Å². The van der Waals surface area contributed by atoms with Gasteiger partial charge in [0.1, 0.15) is 0 Å². The second-order valence-electron chi connectivity index (χ2n) is 4.69. The number of hydrogen-bond acceptors (Lipinski definition) is 4. The Morgan fingerprint density at radius 2 is 1.36 bits per heavy atom. The monoisotopic (exact) mass is 416 g/mol. The van der Waals surface area contributed by atoms with Crippen LogP contribution in [0.15, 0.2) is 58.7 Å². The van der Waals surface area contributed by atoms with Crippen LogP contribution in [-0.2, 0) is 17.1 Å². The maximum Gasteiger partial charge on any atom is 0.184 e. The molecule has 0 radical (unpaired) electrons. The maximum absolute atomic E-state index is 5.21. The van der Waals surface area contributed by atoms with Crippen LogP contribution in [0.1, 0.15) is 25.0 Å². The Bertz CT molecular complexity index is 643. The van der Waals surface area contributed by atoms with Gasteiger partial charge < -0.3 is 52.1 Å². The smallest absolute Gasteiger partial charge is 0.184 e. The molecule has 0 saturated heterocycles. The van der Waals surface area contributed by atoms with Crippen LogP contribution in [0.2, 0.25) is 0 Å². The number of nitrogens with zero attached hydrogens (tertiary/aromatic N) is 2. The largest absolute Gasteiger partial charge is 0.736 e. The van der Waals surface area contributed by atoms with Crippen molar-refractivity contribution in [3.05, 3.63) is 59.7 Å². The zero-order valence-corrected chi connectivity index (χ0v) is 16.6. The van der Waals surface area contributed by atoms with E-state index in [0.29, 0.717) is 0 Å². The maximum atomic E-state index is 5.21. The average molecular weight is 416 g/mol. The minimum absolute atomic E-state index is 0. The fourth-order valence-corrected chi connectivity index (χ4v) is 1.73. The third-order valence-corrected chi connectivity index (χ3v) is 3.01. The van der Waals surface area contributed by atoms with Crippen LogP contribution in [0.3, 0.4) is 0 Å². The van der Waals surface area contributed by atoms with Crippen LogP contribution in [-0.4, -0.2) is 21.6 Å². The van der Waals surface area contributed by atoms with Gasteiger partial charge in [-0.1, -0.05) is 0 Å². The molecular formula is C16H20FeN6S2-6. The van der Waals surface area contributed by atoms with Gasteiger partial charge in [-0.05, 0) is 31.4 Å². The molecule has 140 valence electrons. The molecule has 2 aromatic carbocycles. The van der Waals surface area contributed by atoms with E-state index in [4.69, 9.17) is 11.5 Å². The summed E-state index contributed by atoms with van der Waals surface area (Å²) in [4.78, 5) is 0. The van der Waals surface area contributed by atoms with Crippen LogP contribution in [0.25, 0.3) is 0 Å². The van der Waals surface area contributed by atoms with Gasteiger partial charge in [0.15, 0.2) is 10.2 Å². The Kier molecular flexibility index (Phi) is 11.3. The molecule has 2 rings (SSSR count). The van der Waals surface area contributed by atoms with Crippen molar-refractivity contribution in [2.75, 3.05) is 0 Å². The summed E-state index contributed by atoms with van der Waals surface area (Å²) < 4.78 is 0. The molecule has 0 bridgehead atoms. The van der Waals surface area contributed by atoms with E-state index < -0.39 is 0 Å². The molecule has 0 aliphatic heterocycles. The van der Waals surface area contributed by atoms with Gasteiger partial charge in [-0.25, -0.2) is 12.1 Å². The van der Waals surface area contributed by atoms with Gasteiger partial charge in [0.2, 0.25) is 0 Å². The Morgan fingerprint density at radius 1 is 0.920 bits per heavy atom. The first-order valence-electron chi connectivity index (χ1n) is 7.03. The van der Waals surface area contributed by atoms with E-state index in [9.17, 15) is 0 Å². The van der Waals surface area contributed by atoms with E-state index in [2.05, 4.69) is 45.5 Å².